The van der Waals surface area contributed by atoms with E-state index in [0.717, 1.165) is 18.2 Å². The van der Waals surface area contributed by atoms with Gasteiger partial charge in [0.1, 0.15) is 11.6 Å². The van der Waals surface area contributed by atoms with Crippen LogP contribution in [0.1, 0.15) is 15.9 Å². The Hall–Kier alpha value is -2.96. The number of hydrogen-bond acceptors (Lipinski definition) is 3. The summed E-state index contributed by atoms with van der Waals surface area (Å²) in [4.78, 5) is 26.8. The van der Waals surface area contributed by atoms with Gasteiger partial charge < -0.3 is 14.9 Å². The van der Waals surface area contributed by atoms with Gasteiger partial charge in [-0.2, -0.15) is 0 Å². The Bertz CT molecular complexity index is 833. The van der Waals surface area contributed by atoms with Gasteiger partial charge in [0.25, 0.3) is 0 Å². The van der Waals surface area contributed by atoms with Crippen LogP contribution in [0.4, 0.5) is 14.5 Å². The van der Waals surface area contributed by atoms with Crippen LogP contribution < -0.4 is 4.90 Å². The number of aromatic carboxylic acids is 1. The van der Waals surface area contributed by atoms with Crippen molar-refractivity contribution >= 4 is 17.6 Å². The maximum Gasteiger partial charge on any atom is 0.335 e. The van der Waals surface area contributed by atoms with Crippen LogP contribution in [0.25, 0.3) is 0 Å². The highest BCUT2D eigenvalue weighted by Gasteiger charge is 2.23. The molecule has 0 spiro atoms. The number of anilines is 1. The molecule has 0 bridgehead atoms. The number of benzene rings is 2. The van der Waals surface area contributed by atoms with Crippen molar-refractivity contribution in [2.24, 2.45) is 0 Å². The van der Waals surface area contributed by atoms with Crippen LogP contribution in [0.5, 0.6) is 0 Å². The molecular formula is C19H18F2N2O3. The zero-order valence-corrected chi connectivity index (χ0v) is 14.0. The number of carboxylic acid groups (broad SMARTS) is 1. The second-order valence-electron chi connectivity index (χ2n) is 6.15. The normalized spacial score (nSPS) is 14.4. The van der Waals surface area contributed by atoms with E-state index in [2.05, 4.69) is 0 Å². The van der Waals surface area contributed by atoms with Gasteiger partial charge in [0.2, 0.25) is 5.91 Å². The van der Waals surface area contributed by atoms with Gasteiger partial charge >= 0.3 is 5.97 Å². The van der Waals surface area contributed by atoms with Gasteiger partial charge in [0, 0.05) is 32.2 Å². The van der Waals surface area contributed by atoms with Crippen LogP contribution in [0.15, 0.2) is 42.5 Å². The van der Waals surface area contributed by atoms with E-state index in [1.165, 1.54) is 12.1 Å². The lowest BCUT2D eigenvalue weighted by Gasteiger charge is -2.36. The molecule has 1 heterocycles. The van der Waals surface area contributed by atoms with Crippen molar-refractivity contribution in [1.82, 2.24) is 4.90 Å². The Morgan fingerprint density at radius 3 is 2.42 bits per heavy atom. The number of piperazine rings is 1. The minimum atomic E-state index is -1.04. The molecule has 0 atom stereocenters. The van der Waals surface area contributed by atoms with Gasteiger partial charge in [-0.3, -0.25) is 4.79 Å². The molecule has 26 heavy (non-hydrogen) atoms. The lowest BCUT2D eigenvalue weighted by atomic mass is 10.1. The minimum absolute atomic E-state index is 0.107. The van der Waals surface area contributed by atoms with E-state index in [9.17, 15) is 18.4 Å². The van der Waals surface area contributed by atoms with E-state index in [0.29, 0.717) is 31.7 Å². The standard InChI is InChI=1S/C19H18F2N2O3/c20-15-4-5-16(21)17(12-15)22-6-8-23(9-7-22)18(24)11-13-2-1-3-14(10-13)19(25)26/h1-5,10,12H,6-9,11H2,(H,25,26). The summed E-state index contributed by atoms with van der Waals surface area (Å²) in [6.45, 7) is 1.60. The first kappa shape index (κ1) is 17.8. The van der Waals surface area contributed by atoms with E-state index in [4.69, 9.17) is 5.11 Å². The molecule has 5 nitrogen and oxygen atoms in total. The maximum absolute atomic E-state index is 13.9. The van der Waals surface area contributed by atoms with Crippen molar-refractivity contribution in [1.29, 1.82) is 0 Å². The van der Waals surface area contributed by atoms with Crippen LogP contribution in [0.2, 0.25) is 0 Å². The topological polar surface area (TPSA) is 60.9 Å². The number of carbonyl (C=O) groups excluding carboxylic acids is 1. The summed E-state index contributed by atoms with van der Waals surface area (Å²) in [7, 11) is 0. The second-order valence-corrected chi connectivity index (χ2v) is 6.15. The molecule has 2 aromatic carbocycles. The molecule has 1 fully saturated rings. The van der Waals surface area contributed by atoms with Crippen molar-refractivity contribution in [3.05, 3.63) is 65.2 Å². The van der Waals surface area contributed by atoms with Crippen molar-refractivity contribution in [3.63, 3.8) is 0 Å². The van der Waals surface area contributed by atoms with Crippen molar-refractivity contribution < 1.29 is 23.5 Å². The number of halogens is 2. The Morgan fingerprint density at radius 1 is 1.00 bits per heavy atom. The fourth-order valence-electron chi connectivity index (χ4n) is 3.03. The third-order valence-corrected chi connectivity index (χ3v) is 4.41. The summed E-state index contributed by atoms with van der Waals surface area (Å²) in [6, 6.07) is 9.60. The molecule has 0 aromatic heterocycles. The fourth-order valence-corrected chi connectivity index (χ4v) is 3.03. The Labute approximate surface area is 149 Å². The molecule has 1 N–H and O–H groups in total. The third-order valence-electron chi connectivity index (χ3n) is 4.41. The van der Waals surface area contributed by atoms with Gasteiger partial charge in [-0.15, -0.1) is 0 Å². The van der Waals surface area contributed by atoms with Gasteiger partial charge in [0.15, 0.2) is 0 Å². The summed E-state index contributed by atoms with van der Waals surface area (Å²) in [5.41, 5.74) is 0.974. The monoisotopic (exact) mass is 360 g/mol. The Balaban J connectivity index is 1.61. The molecule has 0 saturated carbocycles. The number of hydrogen-bond donors (Lipinski definition) is 1. The smallest absolute Gasteiger partial charge is 0.335 e. The third kappa shape index (κ3) is 3.99. The summed E-state index contributed by atoms with van der Waals surface area (Å²) in [6.07, 6.45) is 0.107. The molecule has 7 heteroatoms. The van der Waals surface area contributed by atoms with E-state index >= 15 is 0 Å². The number of carbonyl (C=O) groups is 2. The lowest BCUT2D eigenvalue weighted by Crippen LogP contribution is -2.49. The molecule has 0 aliphatic carbocycles. The molecule has 0 unspecified atom stereocenters. The lowest BCUT2D eigenvalue weighted by molar-refractivity contribution is -0.130. The largest absolute Gasteiger partial charge is 0.478 e. The zero-order chi connectivity index (χ0) is 18.7. The number of nitrogens with zero attached hydrogens (tertiary/aromatic N) is 2. The predicted octanol–water partition coefficient (Wildman–Crippen LogP) is 2.55. The van der Waals surface area contributed by atoms with Gasteiger partial charge in [-0.25, -0.2) is 13.6 Å². The summed E-state index contributed by atoms with van der Waals surface area (Å²) in [5, 5.41) is 9.01. The second kappa shape index (κ2) is 7.51. The highest BCUT2D eigenvalue weighted by atomic mass is 19.1. The minimum Gasteiger partial charge on any atom is -0.478 e. The molecule has 136 valence electrons. The first-order valence-corrected chi connectivity index (χ1v) is 8.24. The van der Waals surface area contributed by atoms with Crippen molar-refractivity contribution in [3.8, 4) is 0 Å². The summed E-state index contributed by atoms with van der Waals surface area (Å²) < 4.78 is 27.2. The van der Waals surface area contributed by atoms with Crippen molar-refractivity contribution in [2.45, 2.75) is 6.42 Å². The molecule has 2 aromatic rings. The van der Waals surface area contributed by atoms with E-state index < -0.39 is 17.6 Å². The maximum atomic E-state index is 13.9. The molecule has 0 radical (unpaired) electrons. The predicted molar refractivity (Wildman–Crippen MR) is 92.3 cm³/mol. The van der Waals surface area contributed by atoms with E-state index in [1.807, 2.05) is 0 Å². The first-order chi connectivity index (χ1) is 12.4. The zero-order valence-electron chi connectivity index (χ0n) is 14.0. The fraction of sp³-hybridized carbons (Fsp3) is 0.263. The molecular weight excluding hydrogens is 342 g/mol. The number of amides is 1. The number of rotatable bonds is 4. The van der Waals surface area contributed by atoms with E-state index in [-0.39, 0.29) is 23.6 Å². The first-order valence-electron chi connectivity index (χ1n) is 8.24. The summed E-state index contributed by atoms with van der Waals surface area (Å²) in [5.74, 6) is -2.15. The van der Waals surface area contributed by atoms with Crippen LogP contribution >= 0.6 is 0 Å². The molecule has 1 aliphatic heterocycles. The van der Waals surface area contributed by atoms with Gasteiger partial charge in [-0.05, 0) is 29.8 Å². The van der Waals surface area contributed by atoms with E-state index in [1.54, 1.807) is 21.9 Å². The SMILES string of the molecule is O=C(O)c1cccc(CC(=O)N2CCN(c3cc(F)ccc3F)CC2)c1. The van der Waals surface area contributed by atoms with Crippen LogP contribution in [0.3, 0.4) is 0 Å². The van der Waals surface area contributed by atoms with Crippen LogP contribution in [-0.4, -0.2) is 48.1 Å². The van der Waals surface area contributed by atoms with Crippen molar-refractivity contribution in [2.75, 3.05) is 31.1 Å². The molecule has 1 saturated heterocycles. The molecule has 1 amide bonds. The quantitative estimate of drug-likeness (QED) is 0.910. The highest BCUT2D eigenvalue weighted by molar-refractivity contribution is 5.88. The molecule has 3 rings (SSSR count). The summed E-state index contributed by atoms with van der Waals surface area (Å²) >= 11 is 0. The Morgan fingerprint density at radius 2 is 1.73 bits per heavy atom. The average Bonchev–Trinajstić information content (AvgIpc) is 2.64. The van der Waals surface area contributed by atoms with Gasteiger partial charge in [0.05, 0.1) is 17.7 Å². The number of carboxylic acids is 1. The van der Waals surface area contributed by atoms with Crippen LogP contribution in [0, 0.1) is 11.6 Å². The van der Waals surface area contributed by atoms with Gasteiger partial charge in [-0.1, -0.05) is 12.1 Å². The molecule has 1 aliphatic rings. The highest BCUT2D eigenvalue weighted by Crippen LogP contribution is 2.22. The Kier molecular flexibility index (Phi) is 5.16. The van der Waals surface area contributed by atoms with Crippen LogP contribution in [-0.2, 0) is 11.2 Å². The average molecular weight is 360 g/mol.